The molecule has 1 atom stereocenters. The van der Waals surface area contributed by atoms with Gasteiger partial charge in [-0.2, -0.15) is 13.2 Å². The molecule has 14 heteroatoms. The van der Waals surface area contributed by atoms with E-state index in [0.29, 0.717) is 22.6 Å². The average molecular weight is 564 g/mol. The lowest BCUT2D eigenvalue weighted by Gasteiger charge is -2.25. The van der Waals surface area contributed by atoms with Gasteiger partial charge in [0.15, 0.2) is 5.75 Å². The van der Waals surface area contributed by atoms with Gasteiger partial charge in [-0.25, -0.2) is 14.4 Å². The third kappa shape index (κ3) is 6.23. The van der Waals surface area contributed by atoms with Crippen molar-refractivity contribution < 1.29 is 56.8 Å². The highest BCUT2D eigenvalue weighted by atomic mass is 19.4. The van der Waals surface area contributed by atoms with Crippen molar-refractivity contribution in [2.45, 2.75) is 18.8 Å². The number of hydrogen-bond donors (Lipinski definition) is 3. The molecule has 0 aromatic heterocycles. The van der Waals surface area contributed by atoms with Crippen molar-refractivity contribution in [2.75, 3.05) is 25.7 Å². The Balaban J connectivity index is 0.000000559. The van der Waals surface area contributed by atoms with E-state index in [4.69, 9.17) is 29.8 Å². The molecule has 0 saturated carbocycles. The first kappa shape index (κ1) is 29.7. The van der Waals surface area contributed by atoms with Crippen LogP contribution >= 0.6 is 0 Å². The van der Waals surface area contributed by atoms with Gasteiger partial charge in [0.25, 0.3) is 0 Å². The van der Waals surface area contributed by atoms with E-state index in [1.807, 2.05) is 0 Å². The number of nitrogens with zero attached hydrogens (tertiary/aromatic N) is 1. The summed E-state index contributed by atoms with van der Waals surface area (Å²) in [5, 5.41) is 18.2. The SMILES string of the molecule is COC(=O)c1ccc2c(CN3C(=O)C(N)COc4c(C(=O)O)cccc43)c(OC)ccc2c1.O=C(O)C(F)(F)F. The molecule has 212 valence electrons. The first-order chi connectivity index (χ1) is 18.8. The molecule has 0 bridgehead atoms. The first-order valence-electron chi connectivity index (χ1n) is 11.3. The van der Waals surface area contributed by atoms with Crippen molar-refractivity contribution in [3.8, 4) is 11.5 Å². The Morgan fingerprint density at radius 3 is 2.35 bits per heavy atom. The maximum Gasteiger partial charge on any atom is 0.490 e. The van der Waals surface area contributed by atoms with Gasteiger partial charge in [-0.05, 0) is 41.1 Å². The molecule has 1 heterocycles. The van der Waals surface area contributed by atoms with E-state index in [-0.39, 0.29) is 24.5 Å². The van der Waals surface area contributed by atoms with E-state index in [9.17, 15) is 32.7 Å². The summed E-state index contributed by atoms with van der Waals surface area (Å²) in [5.41, 5.74) is 7.33. The van der Waals surface area contributed by atoms with Crippen molar-refractivity contribution in [3.05, 3.63) is 65.2 Å². The Bertz CT molecular complexity index is 1470. The average Bonchev–Trinajstić information content (AvgIpc) is 3.04. The molecule has 1 amide bonds. The number of anilines is 1. The summed E-state index contributed by atoms with van der Waals surface area (Å²) in [4.78, 5) is 47.2. The molecular weight excluding hydrogens is 541 g/mol. The third-order valence-corrected chi connectivity index (χ3v) is 5.79. The maximum absolute atomic E-state index is 13.2. The minimum atomic E-state index is -5.08. The number of esters is 1. The van der Waals surface area contributed by atoms with Gasteiger partial charge in [-0.15, -0.1) is 0 Å². The van der Waals surface area contributed by atoms with Crippen LogP contribution in [-0.4, -0.2) is 67.1 Å². The van der Waals surface area contributed by atoms with Crippen molar-refractivity contribution in [1.82, 2.24) is 0 Å². The fourth-order valence-corrected chi connectivity index (χ4v) is 3.92. The van der Waals surface area contributed by atoms with Crippen LogP contribution in [0.15, 0.2) is 48.5 Å². The van der Waals surface area contributed by atoms with Gasteiger partial charge < -0.3 is 35.1 Å². The van der Waals surface area contributed by atoms with Crippen LogP contribution in [0.1, 0.15) is 26.3 Å². The number of benzene rings is 3. The lowest BCUT2D eigenvalue weighted by molar-refractivity contribution is -0.192. The molecule has 4 rings (SSSR count). The largest absolute Gasteiger partial charge is 0.496 e. The standard InChI is InChI=1S/C24H22N2O7.C2HF3O2/c1-31-20-9-7-13-10-14(24(30)32-2)6-8-15(13)17(20)11-26-19-5-3-4-16(23(28)29)21(19)33-12-18(25)22(26)27;3-2(4,5)1(6)7/h3-10,18H,11-12,25H2,1-2H3,(H,28,29);(H,6,7). The second-order valence-corrected chi connectivity index (χ2v) is 8.28. The lowest BCUT2D eigenvalue weighted by atomic mass is 10.00. The Hall–Kier alpha value is -4.85. The van der Waals surface area contributed by atoms with Crippen LogP contribution in [0.3, 0.4) is 0 Å². The fraction of sp³-hybridized carbons (Fsp3) is 0.231. The summed E-state index contributed by atoms with van der Waals surface area (Å²) in [6.45, 7) is -0.105. The highest BCUT2D eigenvalue weighted by molar-refractivity contribution is 6.03. The van der Waals surface area contributed by atoms with Crippen LogP contribution in [0, 0.1) is 0 Å². The molecule has 1 aliphatic heterocycles. The molecule has 1 unspecified atom stereocenters. The highest BCUT2D eigenvalue weighted by Crippen LogP contribution is 2.38. The number of aliphatic carboxylic acids is 1. The number of carbonyl (C=O) groups is 4. The van der Waals surface area contributed by atoms with E-state index in [0.717, 1.165) is 10.8 Å². The number of methoxy groups -OCH3 is 2. The number of fused-ring (bicyclic) bond motifs is 2. The fourth-order valence-electron chi connectivity index (χ4n) is 3.92. The summed E-state index contributed by atoms with van der Waals surface area (Å²) in [5.74, 6) is -4.20. The Morgan fingerprint density at radius 1 is 1.10 bits per heavy atom. The molecule has 40 heavy (non-hydrogen) atoms. The topological polar surface area (TPSA) is 166 Å². The summed E-state index contributed by atoms with van der Waals surface area (Å²) < 4.78 is 47.7. The van der Waals surface area contributed by atoms with E-state index >= 15 is 0 Å². The number of hydrogen-bond acceptors (Lipinski definition) is 8. The second-order valence-electron chi connectivity index (χ2n) is 8.28. The number of carbonyl (C=O) groups excluding carboxylic acids is 2. The second kappa shape index (κ2) is 11.9. The predicted octanol–water partition coefficient (Wildman–Crippen LogP) is 3.22. The smallest absolute Gasteiger partial charge is 0.490 e. The number of para-hydroxylation sites is 1. The van der Waals surface area contributed by atoms with Crippen molar-refractivity contribution in [3.63, 3.8) is 0 Å². The molecular formula is C26H23F3N2O9. The summed E-state index contributed by atoms with van der Waals surface area (Å²) in [7, 11) is 2.83. The normalized spacial score (nSPS) is 14.7. The van der Waals surface area contributed by atoms with Crippen molar-refractivity contribution >= 4 is 40.3 Å². The molecule has 3 aromatic carbocycles. The molecule has 0 radical (unpaired) electrons. The van der Waals surface area contributed by atoms with Crippen LogP contribution in [0.4, 0.5) is 18.9 Å². The molecule has 0 spiro atoms. The zero-order valence-electron chi connectivity index (χ0n) is 21.0. The van der Waals surface area contributed by atoms with Crippen LogP contribution in [0.5, 0.6) is 11.5 Å². The Morgan fingerprint density at radius 2 is 1.77 bits per heavy atom. The Labute approximate surface area is 224 Å². The van der Waals surface area contributed by atoms with Crippen molar-refractivity contribution in [2.24, 2.45) is 5.73 Å². The van der Waals surface area contributed by atoms with Gasteiger partial charge in [0.1, 0.15) is 24.0 Å². The zero-order valence-corrected chi connectivity index (χ0v) is 21.0. The van der Waals surface area contributed by atoms with E-state index in [1.54, 1.807) is 42.5 Å². The number of aromatic carboxylic acids is 1. The molecule has 4 N–H and O–H groups in total. The molecule has 0 aliphatic carbocycles. The summed E-state index contributed by atoms with van der Waals surface area (Å²) in [6, 6.07) is 12.2. The molecule has 0 fully saturated rings. The lowest BCUT2D eigenvalue weighted by Crippen LogP contribution is -2.45. The molecule has 3 aromatic rings. The van der Waals surface area contributed by atoms with Crippen LogP contribution in [0.2, 0.25) is 0 Å². The highest BCUT2D eigenvalue weighted by Gasteiger charge is 2.38. The number of carboxylic acids is 2. The molecule has 1 aliphatic rings. The van der Waals surface area contributed by atoms with E-state index in [1.165, 1.54) is 25.2 Å². The number of rotatable bonds is 5. The van der Waals surface area contributed by atoms with Gasteiger partial charge >= 0.3 is 24.1 Å². The minimum Gasteiger partial charge on any atom is -0.496 e. The maximum atomic E-state index is 13.2. The number of alkyl halides is 3. The quantitative estimate of drug-likeness (QED) is 0.392. The summed E-state index contributed by atoms with van der Waals surface area (Å²) >= 11 is 0. The van der Waals surface area contributed by atoms with Crippen LogP contribution in [0.25, 0.3) is 10.8 Å². The van der Waals surface area contributed by atoms with E-state index < -0.39 is 36.0 Å². The van der Waals surface area contributed by atoms with Gasteiger partial charge in [0.05, 0.1) is 32.0 Å². The zero-order chi connectivity index (χ0) is 29.8. The number of halogens is 3. The van der Waals surface area contributed by atoms with Gasteiger partial charge in [0.2, 0.25) is 5.91 Å². The number of amides is 1. The number of nitrogens with two attached hydrogens (primary N) is 1. The van der Waals surface area contributed by atoms with Gasteiger partial charge in [0, 0.05) is 5.56 Å². The Kier molecular flexibility index (Phi) is 8.84. The summed E-state index contributed by atoms with van der Waals surface area (Å²) in [6.07, 6.45) is -5.08. The first-order valence-corrected chi connectivity index (χ1v) is 11.3. The third-order valence-electron chi connectivity index (χ3n) is 5.79. The minimum absolute atomic E-state index is 0.0457. The monoisotopic (exact) mass is 564 g/mol. The number of ether oxygens (including phenoxy) is 3. The van der Waals surface area contributed by atoms with Gasteiger partial charge in [-0.3, -0.25) is 4.79 Å². The molecule has 0 saturated heterocycles. The van der Waals surface area contributed by atoms with Crippen LogP contribution in [-0.2, 0) is 20.9 Å². The predicted molar refractivity (Wildman–Crippen MR) is 134 cm³/mol. The van der Waals surface area contributed by atoms with Crippen LogP contribution < -0.4 is 20.1 Å². The van der Waals surface area contributed by atoms with Gasteiger partial charge in [-0.1, -0.05) is 18.2 Å². The van der Waals surface area contributed by atoms with Crippen molar-refractivity contribution in [1.29, 1.82) is 0 Å². The molecule has 11 nitrogen and oxygen atoms in total. The number of carboxylic acid groups (broad SMARTS) is 2. The van der Waals surface area contributed by atoms with E-state index in [2.05, 4.69) is 0 Å².